The van der Waals surface area contributed by atoms with Crippen LogP contribution in [0.25, 0.3) is 0 Å². The molecule has 1 aliphatic carbocycles. The number of aliphatic carboxylic acids is 1. The Bertz CT molecular complexity index is 814. The molecule has 9 heteroatoms. The Morgan fingerprint density at radius 1 is 1.37 bits per heavy atom. The van der Waals surface area contributed by atoms with Gasteiger partial charge in [-0.3, -0.25) is 9.79 Å². The number of amides is 1. The van der Waals surface area contributed by atoms with Gasteiger partial charge < -0.3 is 20.0 Å². The minimum atomic E-state index is -0.991. The van der Waals surface area contributed by atoms with Crippen LogP contribution in [0.15, 0.2) is 16.3 Å². The normalized spacial score (nSPS) is 36.5. The fraction of sp³-hybridized carbons (Fsp3) is 0.762. The first kappa shape index (κ1) is 20.7. The van der Waals surface area contributed by atoms with Gasteiger partial charge in [-0.15, -0.1) is 0 Å². The summed E-state index contributed by atoms with van der Waals surface area (Å²) < 4.78 is 0. The van der Waals surface area contributed by atoms with E-state index < -0.39 is 18.0 Å². The molecule has 4 aliphatic heterocycles. The SMILES string of the molecule is C[C@@H](O)[C@H]1C(=O)N2C(C(=O)O)=C3[C@H](CS[C@H]4CCN(C5=NCCS5)C4)CCC[C@@H]3[C@H]12. The van der Waals surface area contributed by atoms with Gasteiger partial charge >= 0.3 is 5.97 Å². The molecule has 0 aromatic carbocycles. The van der Waals surface area contributed by atoms with Crippen LogP contribution in [0.4, 0.5) is 0 Å². The van der Waals surface area contributed by atoms with E-state index in [4.69, 9.17) is 0 Å². The number of likely N-dealkylation sites (tertiary alicyclic amines) is 1. The molecule has 4 heterocycles. The molecule has 0 aromatic rings. The zero-order valence-electron chi connectivity index (χ0n) is 17.2. The van der Waals surface area contributed by atoms with E-state index in [1.807, 2.05) is 23.5 Å². The van der Waals surface area contributed by atoms with E-state index in [1.165, 1.54) is 10.1 Å². The van der Waals surface area contributed by atoms with E-state index in [1.54, 1.807) is 6.92 Å². The third-order valence-corrected chi connectivity index (χ3v) is 9.75. The Morgan fingerprint density at radius 2 is 2.20 bits per heavy atom. The summed E-state index contributed by atoms with van der Waals surface area (Å²) in [5, 5.41) is 21.8. The van der Waals surface area contributed by atoms with Crippen molar-refractivity contribution in [1.82, 2.24) is 9.80 Å². The first-order chi connectivity index (χ1) is 14.5. The van der Waals surface area contributed by atoms with E-state index in [0.29, 0.717) is 5.25 Å². The van der Waals surface area contributed by atoms with Crippen molar-refractivity contribution in [1.29, 1.82) is 0 Å². The Hall–Kier alpha value is -1.19. The summed E-state index contributed by atoms with van der Waals surface area (Å²) in [5.74, 6) is 0.633. The lowest BCUT2D eigenvalue weighted by Gasteiger charge is -2.47. The molecular weight excluding hydrogens is 422 g/mol. The Morgan fingerprint density at radius 3 is 2.90 bits per heavy atom. The van der Waals surface area contributed by atoms with Crippen molar-refractivity contribution < 1.29 is 19.8 Å². The van der Waals surface area contributed by atoms with Crippen LogP contribution in [0.3, 0.4) is 0 Å². The van der Waals surface area contributed by atoms with E-state index >= 15 is 0 Å². The van der Waals surface area contributed by atoms with Gasteiger partial charge in [0, 0.05) is 35.8 Å². The van der Waals surface area contributed by atoms with Gasteiger partial charge in [-0.2, -0.15) is 11.8 Å². The smallest absolute Gasteiger partial charge is 0.352 e. The molecule has 2 saturated heterocycles. The second kappa shape index (κ2) is 8.06. The Kier molecular flexibility index (Phi) is 5.56. The number of carboxylic acid groups (broad SMARTS) is 1. The number of rotatable bonds is 5. The zero-order valence-corrected chi connectivity index (χ0v) is 18.8. The van der Waals surface area contributed by atoms with Gasteiger partial charge in [0.15, 0.2) is 5.17 Å². The van der Waals surface area contributed by atoms with Crippen molar-refractivity contribution in [2.45, 2.75) is 50.0 Å². The van der Waals surface area contributed by atoms with E-state index in [-0.39, 0.29) is 29.5 Å². The first-order valence-corrected chi connectivity index (χ1v) is 13.0. The number of carbonyl (C=O) groups excluding carboxylic acids is 1. The highest BCUT2D eigenvalue weighted by molar-refractivity contribution is 8.14. The zero-order chi connectivity index (χ0) is 21.0. The number of thioether (sulfide) groups is 2. The molecule has 5 rings (SSSR count). The maximum atomic E-state index is 12.6. The standard InChI is InChI=1S/C21H29N3O4S2/c1-11(25)15-17-14-4-2-3-12(16(14)18(20(27)28)24(17)19(15)26)10-30-13-5-7-23(9-13)21-22-6-8-29-21/h11-15,17,25H,2-10H2,1H3,(H,27,28)/t11-,12+,13+,14+,15-,17-/m1/s1. The molecule has 3 fully saturated rings. The van der Waals surface area contributed by atoms with Crippen molar-refractivity contribution in [2.24, 2.45) is 22.7 Å². The number of carbonyl (C=O) groups is 2. The molecule has 164 valence electrons. The quantitative estimate of drug-likeness (QED) is 0.617. The van der Waals surface area contributed by atoms with Crippen molar-refractivity contribution in [3.63, 3.8) is 0 Å². The molecule has 0 bridgehead atoms. The lowest BCUT2D eigenvalue weighted by atomic mass is 9.70. The van der Waals surface area contributed by atoms with Gasteiger partial charge in [0.05, 0.1) is 24.6 Å². The van der Waals surface area contributed by atoms with Crippen LogP contribution in [0.2, 0.25) is 0 Å². The number of nitrogens with zero attached hydrogens (tertiary/aromatic N) is 3. The molecule has 6 atom stereocenters. The monoisotopic (exact) mass is 451 g/mol. The lowest BCUT2D eigenvalue weighted by Crippen LogP contribution is -2.64. The topological polar surface area (TPSA) is 93.4 Å². The highest BCUT2D eigenvalue weighted by Gasteiger charge is 2.62. The predicted molar refractivity (Wildman–Crippen MR) is 118 cm³/mol. The van der Waals surface area contributed by atoms with Crippen LogP contribution in [-0.4, -0.2) is 85.6 Å². The molecular formula is C21H29N3O4S2. The van der Waals surface area contributed by atoms with Gasteiger partial charge in [0.25, 0.3) is 0 Å². The summed E-state index contributed by atoms with van der Waals surface area (Å²) in [6.45, 7) is 4.65. The third-order valence-electron chi connectivity index (χ3n) is 7.26. The number of hydrogen-bond donors (Lipinski definition) is 2. The van der Waals surface area contributed by atoms with E-state index in [2.05, 4.69) is 9.89 Å². The van der Waals surface area contributed by atoms with E-state index in [0.717, 1.165) is 62.4 Å². The maximum Gasteiger partial charge on any atom is 0.352 e. The molecule has 7 nitrogen and oxygen atoms in total. The summed E-state index contributed by atoms with van der Waals surface area (Å²) in [5.41, 5.74) is 1.20. The fourth-order valence-corrected chi connectivity index (χ4v) is 8.28. The van der Waals surface area contributed by atoms with Crippen LogP contribution >= 0.6 is 23.5 Å². The molecule has 0 spiro atoms. The summed E-state index contributed by atoms with van der Waals surface area (Å²) in [6, 6.07) is -0.161. The number of aliphatic hydroxyl groups is 1. The summed E-state index contributed by atoms with van der Waals surface area (Å²) >= 11 is 3.81. The molecule has 1 saturated carbocycles. The minimum absolute atomic E-state index is 0.0945. The van der Waals surface area contributed by atoms with Crippen LogP contribution in [0.1, 0.15) is 32.6 Å². The largest absolute Gasteiger partial charge is 0.477 e. The number of hydrogen-bond acceptors (Lipinski definition) is 7. The van der Waals surface area contributed by atoms with Crippen molar-refractivity contribution in [3.8, 4) is 0 Å². The van der Waals surface area contributed by atoms with Gasteiger partial charge in [-0.25, -0.2) is 4.79 Å². The molecule has 0 unspecified atom stereocenters. The third kappa shape index (κ3) is 3.28. The average molecular weight is 452 g/mol. The van der Waals surface area contributed by atoms with Crippen LogP contribution in [-0.2, 0) is 9.59 Å². The number of amidine groups is 1. The van der Waals surface area contributed by atoms with Crippen molar-refractivity contribution in [2.75, 3.05) is 31.1 Å². The minimum Gasteiger partial charge on any atom is -0.477 e. The Balaban J connectivity index is 1.30. The fourth-order valence-electron chi connectivity index (χ4n) is 5.98. The first-order valence-electron chi connectivity index (χ1n) is 11.0. The highest BCUT2D eigenvalue weighted by atomic mass is 32.2. The number of carboxylic acids is 1. The number of β-lactam (4-membered cyclic amide) rings is 1. The molecule has 1 amide bonds. The second-order valence-electron chi connectivity index (χ2n) is 9.01. The number of fused-ring (bicyclic) bond motifs is 3. The van der Waals surface area contributed by atoms with Crippen molar-refractivity contribution >= 4 is 40.6 Å². The summed E-state index contributed by atoms with van der Waals surface area (Å²) in [7, 11) is 0. The molecule has 0 aromatic heterocycles. The molecule has 0 radical (unpaired) electrons. The number of aliphatic hydroxyl groups excluding tert-OH is 1. The van der Waals surface area contributed by atoms with Crippen LogP contribution in [0.5, 0.6) is 0 Å². The summed E-state index contributed by atoms with van der Waals surface area (Å²) in [4.78, 5) is 33.2. The van der Waals surface area contributed by atoms with Crippen LogP contribution in [0, 0.1) is 17.8 Å². The van der Waals surface area contributed by atoms with Gasteiger partial charge in [0.2, 0.25) is 5.91 Å². The maximum absolute atomic E-state index is 12.6. The number of aliphatic imine (C=N–C) groups is 1. The van der Waals surface area contributed by atoms with Crippen LogP contribution < -0.4 is 0 Å². The average Bonchev–Trinajstić information content (AvgIpc) is 3.43. The van der Waals surface area contributed by atoms with Gasteiger partial charge in [-0.1, -0.05) is 18.2 Å². The summed E-state index contributed by atoms with van der Waals surface area (Å²) in [6.07, 6.45) is 3.37. The molecule has 30 heavy (non-hydrogen) atoms. The molecule has 2 N–H and O–H groups in total. The van der Waals surface area contributed by atoms with E-state index in [9.17, 15) is 19.8 Å². The molecule has 5 aliphatic rings. The van der Waals surface area contributed by atoms with Crippen molar-refractivity contribution in [3.05, 3.63) is 11.3 Å². The second-order valence-corrected chi connectivity index (χ2v) is 11.4. The highest BCUT2D eigenvalue weighted by Crippen LogP contribution is 2.54. The van der Waals surface area contributed by atoms with Gasteiger partial charge in [-0.05, 0) is 37.7 Å². The van der Waals surface area contributed by atoms with Gasteiger partial charge in [0.1, 0.15) is 5.70 Å². The predicted octanol–water partition coefficient (Wildman–Crippen LogP) is 1.87. The lowest BCUT2D eigenvalue weighted by molar-refractivity contribution is -0.163. The Labute approximate surface area is 185 Å².